The number of morpholine rings is 1. The standard InChI is InChI=1S/C18H28N4O3/c1-18(2)13-22(9-14-6-15(7-19)21(5)8-14)10-16(25-18)11-24-12-17(23)20(3)4/h6,8,16H,9-13H2,1-5H3. The number of aryl methyl sites for hydroxylation is 1. The van der Waals surface area contributed by atoms with Crippen LogP contribution in [-0.4, -0.2) is 72.4 Å². The fraction of sp³-hybridized carbons (Fsp3) is 0.667. The van der Waals surface area contributed by atoms with Crippen molar-refractivity contribution in [3.8, 4) is 6.07 Å². The van der Waals surface area contributed by atoms with Crippen LogP contribution in [0.2, 0.25) is 0 Å². The maximum Gasteiger partial charge on any atom is 0.248 e. The smallest absolute Gasteiger partial charge is 0.248 e. The molecule has 2 rings (SSSR count). The molecule has 25 heavy (non-hydrogen) atoms. The van der Waals surface area contributed by atoms with E-state index in [4.69, 9.17) is 14.7 Å². The summed E-state index contributed by atoms with van der Waals surface area (Å²) >= 11 is 0. The Kier molecular flexibility index (Phi) is 6.22. The minimum Gasteiger partial charge on any atom is -0.369 e. The maximum atomic E-state index is 11.6. The molecule has 1 aromatic rings. The zero-order chi connectivity index (χ0) is 18.6. The van der Waals surface area contributed by atoms with Crippen molar-refractivity contribution in [3.63, 3.8) is 0 Å². The first-order valence-electron chi connectivity index (χ1n) is 8.43. The summed E-state index contributed by atoms with van der Waals surface area (Å²) in [5, 5.41) is 9.09. The van der Waals surface area contributed by atoms with Crippen LogP contribution in [0, 0.1) is 11.3 Å². The van der Waals surface area contributed by atoms with E-state index in [1.165, 1.54) is 4.90 Å². The Labute approximate surface area is 149 Å². The fourth-order valence-corrected chi connectivity index (χ4v) is 3.12. The van der Waals surface area contributed by atoms with Crippen molar-refractivity contribution < 1.29 is 14.3 Å². The molecular formula is C18H28N4O3. The summed E-state index contributed by atoms with van der Waals surface area (Å²) in [5.41, 5.74) is 1.48. The van der Waals surface area contributed by atoms with Crippen LogP contribution in [0.25, 0.3) is 0 Å². The van der Waals surface area contributed by atoms with E-state index in [-0.39, 0.29) is 24.2 Å². The molecule has 0 aromatic carbocycles. The molecule has 1 amide bonds. The van der Waals surface area contributed by atoms with E-state index < -0.39 is 0 Å². The zero-order valence-corrected chi connectivity index (χ0v) is 15.8. The highest BCUT2D eigenvalue weighted by molar-refractivity contribution is 5.76. The van der Waals surface area contributed by atoms with E-state index in [0.717, 1.165) is 25.2 Å². The van der Waals surface area contributed by atoms with Gasteiger partial charge in [0.1, 0.15) is 18.4 Å². The third-order valence-corrected chi connectivity index (χ3v) is 4.16. The number of hydrogen-bond acceptors (Lipinski definition) is 5. The molecule has 1 fully saturated rings. The molecule has 1 saturated heterocycles. The monoisotopic (exact) mass is 348 g/mol. The van der Waals surface area contributed by atoms with Gasteiger partial charge >= 0.3 is 0 Å². The molecule has 1 aromatic heterocycles. The second kappa shape index (κ2) is 8.00. The van der Waals surface area contributed by atoms with E-state index in [1.54, 1.807) is 14.1 Å². The van der Waals surface area contributed by atoms with Crippen molar-refractivity contribution in [1.29, 1.82) is 5.26 Å². The van der Waals surface area contributed by atoms with Crippen LogP contribution in [0.4, 0.5) is 0 Å². The lowest BCUT2D eigenvalue weighted by Gasteiger charge is -2.42. The Morgan fingerprint density at radius 2 is 2.24 bits per heavy atom. The van der Waals surface area contributed by atoms with Gasteiger partial charge in [-0.3, -0.25) is 9.69 Å². The largest absolute Gasteiger partial charge is 0.369 e. The first-order chi connectivity index (χ1) is 11.7. The van der Waals surface area contributed by atoms with Crippen LogP contribution < -0.4 is 0 Å². The first-order valence-corrected chi connectivity index (χ1v) is 8.43. The number of rotatable bonds is 6. The SMILES string of the molecule is CN(C)C(=O)COCC1CN(Cc2cc(C#N)n(C)c2)CC(C)(C)O1. The Morgan fingerprint density at radius 3 is 2.84 bits per heavy atom. The van der Waals surface area contributed by atoms with Gasteiger partial charge in [0.15, 0.2) is 0 Å². The van der Waals surface area contributed by atoms with Gasteiger partial charge in [-0.15, -0.1) is 0 Å². The highest BCUT2D eigenvalue weighted by atomic mass is 16.5. The second-order valence-electron chi connectivity index (χ2n) is 7.43. The number of nitriles is 1. The number of amides is 1. The Bertz CT molecular complexity index is 645. The van der Waals surface area contributed by atoms with Crippen LogP contribution in [0.15, 0.2) is 12.3 Å². The lowest BCUT2D eigenvalue weighted by Crippen LogP contribution is -2.53. The summed E-state index contributed by atoms with van der Waals surface area (Å²) in [4.78, 5) is 15.4. The van der Waals surface area contributed by atoms with Gasteiger partial charge < -0.3 is 18.9 Å². The summed E-state index contributed by atoms with van der Waals surface area (Å²) in [7, 11) is 5.30. The predicted molar refractivity (Wildman–Crippen MR) is 93.9 cm³/mol. The molecule has 1 atom stereocenters. The van der Waals surface area contributed by atoms with Crippen molar-refractivity contribution in [3.05, 3.63) is 23.5 Å². The predicted octanol–water partition coefficient (Wildman–Crippen LogP) is 0.981. The van der Waals surface area contributed by atoms with E-state index >= 15 is 0 Å². The highest BCUT2D eigenvalue weighted by Gasteiger charge is 2.33. The molecule has 7 nitrogen and oxygen atoms in total. The molecule has 1 aliphatic rings. The minimum absolute atomic E-state index is 0.0553. The molecule has 0 spiro atoms. The molecular weight excluding hydrogens is 320 g/mol. The second-order valence-corrected chi connectivity index (χ2v) is 7.43. The molecule has 0 aliphatic carbocycles. The normalized spacial score (nSPS) is 20.2. The molecule has 0 N–H and O–H groups in total. The van der Waals surface area contributed by atoms with Crippen LogP contribution >= 0.6 is 0 Å². The van der Waals surface area contributed by atoms with Crippen LogP contribution in [0.3, 0.4) is 0 Å². The molecule has 7 heteroatoms. The Balaban J connectivity index is 1.93. The fourth-order valence-electron chi connectivity index (χ4n) is 3.12. The molecule has 1 aliphatic heterocycles. The van der Waals surface area contributed by atoms with E-state index in [1.807, 2.05) is 23.9 Å². The highest BCUT2D eigenvalue weighted by Crippen LogP contribution is 2.23. The van der Waals surface area contributed by atoms with Gasteiger partial charge in [0.2, 0.25) is 5.91 Å². The van der Waals surface area contributed by atoms with Crippen molar-refractivity contribution >= 4 is 5.91 Å². The lowest BCUT2D eigenvalue weighted by atomic mass is 10.0. The molecule has 138 valence electrons. The van der Waals surface area contributed by atoms with E-state index in [9.17, 15) is 4.79 Å². The Morgan fingerprint density at radius 1 is 1.52 bits per heavy atom. The lowest BCUT2D eigenvalue weighted by molar-refractivity contribution is -0.161. The summed E-state index contributed by atoms with van der Waals surface area (Å²) in [6, 6.07) is 4.11. The number of aromatic nitrogens is 1. The molecule has 1 unspecified atom stereocenters. The number of carbonyl (C=O) groups excluding carboxylic acids is 1. The zero-order valence-electron chi connectivity index (χ0n) is 15.8. The summed E-state index contributed by atoms with van der Waals surface area (Å²) in [6.07, 6.45) is 1.90. The average Bonchev–Trinajstić information content (AvgIpc) is 2.85. The van der Waals surface area contributed by atoms with Gasteiger partial charge in [0.05, 0.1) is 18.3 Å². The minimum atomic E-state index is -0.287. The average molecular weight is 348 g/mol. The van der Waals surface area contributed by atoms with Gasteiger partial charge in [-0.25, -0.2) is 0 Å². The Hall–Kier alpha value is -1.88. The number of ether oxygens (including phenoxy) is 2. The van der Waals surface area contributed by atoms with Crippen molar-refractivity contribution in [1.82, 2.24) is 14.4 Å². The van der Waals surface area contributed by atoms with Crippen LogP contribution in [0.1, 0.15) is 25.1 Å². The molecule has 0 saturated carbocycles. The summed E-state index contributed by atoms with van der Waals surface area (Å²) in [5.74, 6) is -0.0553. The van der Waals surface area contributed by atoms with Gasteiger partial charge in [-0.05, 0) is 25.5 Å². The third-order valence-electron chi connectivity index (χ3n) is 4.16. The number of hydrogen-bond donors (Lipinski definition) is 0. The quantitative estimate of drug-likeness (QED) is 0.766. The topological polar surface area (TPSA) is 70.7 Å². The summed E-state index contributed by atoms with van der Waals surface area (Å²) in [6.45, 7) is 6.86. The van der Waals surface area contributed by atoms with Gasteiger partial charge in [0.25, 0.3) is 0 Å². The van der Waals surface area contributed by atoms with Gasteiger partial charge in [0, 0.05) is 47.0 Å². The van der Waals surface area contributed by atoms with Gasteiger partial charge in [-0.1, -0.05) is 0 Å². The van der Waals surface area contributed by atoms with Crippen LogP contribution in [0.5, 0.6) is 0 Å². The molecule has 0 bridgehead atoms. The van der Waals surface area contributed by atoms with Crippen molar-refractivity contribution in [2.24, 2.45) is 7.05 Å². The maximum absolute atomic E-state index is 11.6. The van der Waals surface area contributed by atoms with Crippen LogP contribution in [-0.2, 0) is 27.9 Å². The number of nitrogens with zero attached hydrogens (tertiary/aromatic N) is 4. The van der Waals surface area contributed by atoms with Gasteiger partial charge in [-0.2, -0.15) is 5.26 Å². The first kappa shape index (κ1) is 19.4. The number of carbonyl (C=O) groups is 1. The van der Waals surface area contributed by atoms with Crippen molar-refractivity contribution in [2.45, 2.75) is 32.1 Å². The summed E-state index contributed by atoms with van der Waals surface area (Å²) < 4.78 is 13.5. The van der Waals surface area contributed by atoms with Crippen molar-refractivity contribution in [2.75, 3.05) is 40.4 Å². The van der Waals surface area contributed by atoms with E-state index in [2.05, 4.69) is 24.8 Å². The molecule has 2 heterocycles. The van der Waals surface area contributed by atoms with E-state index in [0.29, 0.717) is 12.3 Å². The number of likely N-dealkylation sites (N-methyl/N-ethyl adjacent to an activating group) is 1. The third kappa shape index (κ3) is 5.56. The molecule has 0 radical (unpaired) electrons.